The molecule has 1 aliphatic carbocycles. The molecule has 184 valence electrons. The fourth-order valence-electron chi connectivity index (χ4n) is 5.15. The lowest BCUT2D eigenvalue weighted by molar-refractivity contribution is -0.137. The molecular formula is C24H22ClF4N5O. The molecule has 2 N–H and O–H groups in total. The van der Waals surface area contributed by atoms with Gasteiger partial charge in [0.25, 0.3) is 0 Å². The van der Waals surface area contributed by atoms with E-state index in [0.29, 0.717) is 17.9 Å². The smallest absolute Gasteiger partial charge is 0.374 e. The molecule has 2 aromatic heterocycles. The Bertz CT molecular complexity index is 1210. The summed E-state index contributed by atoms with van der Waals surface area (Å²) in [4.78, 5) is 14.1. The average Bonchev–Trinajstić information content (AvgIpc) is 2.85. The number of nitrogens with zero attached hydrogens (tertiary/aromatic N) is 4. The summed E-state index contributed by atoms with van der Waals surface area (Å²) < 4.78 is 54.0. The highest BCUT2D eigenvalue weighted by atomic mass is 35.5. The molecule has 3 aromatic rings. The lowest BCUT2D eigenvalue weighted by atomic mass is 9.76. The molecule has 4 unspecified atom stereocenters. The molecule has 0 amide bonds. The third kappa shape index (κ3) is 4.70. The van der Waals surface area contributed by atoms with E-state index in [1.54, 1.807) is 30.6 Å². The van der Waals surface area contributed by atoms with Crippen LogP contribution in [0.5, 0.6) is 0 Å². The fourth-order valence-corrected chi connectivity index (χ4v) is 5.37. The molecule has 1 aromatic carbocycles. The van der Waals surface area contributed by atoms with E-state index in [1.165, 1.54) is 6.07 Å². The van der Waals surface area contributed by atoms with E-state index in [0.717, 1.165) is 31.5 Å². The molecule has 2 bridgehead atoms. The van der Waals surface area contributed by atoms with E-state index < -0.39 is 23.8 Å². The van der Waals surface area contributed by atoms with Crippen molar-refractivity contribution in [2.45, 2.75) is 43.8 Å². The summed E-state index contributed by atoms with van der Waals surface area (Å²) in [6, 6.07) is 6.55. The Morgan fingerprint density at radius 1 is 1.11 bits per heavy atom. The van der Waals surface area contributed by atoms with Gasteiger partial charge in [-0.05, 0) is 43.4 Å². The van der Waals surface area contributed by atoms with Gasteiger partial charge < -0.3 is 10.4 Å². The van der Waals surface area contributed by atoms with E-state index in [2.05, 4.69) is 20.3 Å². The number of hydrogen-bond donors (Lipinski definition) is 2. The summed E-state index contributed by atoms with van der Waals surface area (Å²) in [5, 5.41) is 14.4. The highest BCUT2D eigenvalue weighted by Gasteiger charge is 2.45. The van der Waals surface area contributed by atoms with Gasteiger partial charge in [-0.25, -0.2) is 19.3 Å². The number of halogens is 5. The largest absolute Gasteiger partial charge is 0.417 e. The molecule has 0 spiro atoms. The maximum atomic E-state index is 15.0. The molecule has 3 fully saturated rings. The Balaban J connectivity index is 1.42. The summed E-state index contributed by atoms with van der Waals surface area (Å²) in [5.74, 6) is 0.0963. The Morgan fingerprint density at radius 2 is 1.89 bits per heavy atom. The molecule has 2 saturated heterocycles. The van der Waals surface area contributed by atoms with Gasteiger partial charge in [0, 0.05) is 48.3 Å². The molecule has 1 saturated carbocycles. The quantitative estimate of drug-likeness (QED) is 0.456. The van der Waals surface area contributed by atoms with Crippen LogP contribution in [-0.2, 0) is 6.18 Å². The van der Waals surface area contributed by atoms with Gasteiger partial charge in [-0.3, -0.25) is 4.90 Å². The normalized spacial score (nSPS) is 23.3. The average molecular weight is 508 g/mol. The van der Waals surface area contributed by atoms with Crippen molar-refractivity contribution in [2.24, 2.45) is 5.92 Å². The summed E-state index contributed by atoms with van der Waals surface area (Å²) in [7, 11) is 0. The molecule has 4 atom stereocenters. The highest BCUT2D eigenvalue weighted by molar-refractivity contribution is 6.33. The van der Waals surface area contributed by atoms with Crippen molar-refractivity contribution < 1.29 is 22.7 Å². The second-order valence-electron chi connectivity index (χ2n) is 8.89. The number of piperidine rings is 2. The Kier molecular flexibility index (Phi) is 6.37. The topological polar surface area (TPSA) is 74.2 Å². The van der Waals surface area contributed by atoms with Crippen LogP contribution >= 0.6 is 11.6 Å². The zero-order chi connectivity index (χ0) is 24.7. The van der Waals surface area contributed by atoms with Crippen molar-refractivity contribution in [3.05, 3.63) is 70.9 Å². The first-order chi connectivity index (χ1) is 16.7. The zero-order valence-electron chi connectivity index (χ0n) is 18.4. The van der Waals surface area contributed by atoms with Crippen molar-refractivity contribution >= 4 is 17.4 Å². The van der Waals surface area contributed by atoms with E-state index in [1.807, 2.05) is 4.90 Å². The first-order valence-electron chi connectivity index (χ1n) is 11.2. The minimum atomic E-state index is -4.54. The number of benzene rings is 1. The van der Waals surface area contributed by atoms with Gasteiger partial charge in [-0.1, -0.05) is 23.7 Å². The number of nitrogens with one attached hydrogen (secondary N) is 1. The van der Waals surface area contributed by atoms with Gasteiger partial charge in [0.05, 0.1) is 10.6 Å². The molecule has 4 heterocycles. The number of hydrogen-bond acceptors (Lipinski definition) is 6. The second-order valence-corrected chi connectivity index (χ2v) is 9.30. The number of aliphatic hydroxyl groups is 1. The fraction of sp³-hybridized carbons (Fsp3) is 0.375. The lowest BCUT2D eigenvalue weighted by Gasteiger charge is -2.52. The van der Waals surface area contributed by atoms with Gasteiger partial charge in [0.15, 0.2) is 5.82 Å². The first-order valence-corrected chi connectivity index (χ1v) is 11.6. The third-order valence-electron chi connectivity index (χ3n) is 6.74. The highest BCUT2D eigenvalue weighted by Crippen LogP contribution is 2.43. The maximum absolute atomic E-state index is 15.0. The van der Waals surface area contributed by atoms with Crippen molar-refractivity contribution in [1.29, 1.82) is 0 Å². The third-order valence-corrected chi connectivity index (χ3v) is 7.03. The summed E-state index contributed by atoms with van der Waals surface area (Å²) in [6.07, 6.45) is 0.435. The van der Waals surface area contributed by atoms with Crippen LogP contribution in [0.3, 0.4) is 0 Å². The van der Waals surface area contributed by atoms with Crippen LogP contribution in [0.15, 0.2) is 48.9 Å². The van der Waals surface area contributed by atoms with Gasteiger partial charge in [0.1, 0.15) is 17.9 Å². The molecule has 6 rings (SSSR count). The van der Waals surface area contributed by atoms with Crippen LogP contribution in [0.4, 0.5) is 23.4 Å². The number of anilines is 1. The molecule has 6 nitrogen and oxygen atoms in total. The van der Waals surface area contributed by atoms with Crippen LogP contribution < -0.4 is 5.32 Å². The number of aromatic nitrogens is 3. The number of aliphatic hydroxyl groups excluding tert-OH is 1. The van der Waals surface area contributed by atoms with Crippen LogP contribution in [0, 0.1) is 11.7 Å². The minimum absolute atomic E-state index is 0.0932. The summed E-state index contributed by atoms with van der Waals surface area (Å²) in [6.45, 7) is 0.557. The monoisotopic (exact) mass is 507 g/mol. The minimum Gasteiger partial charge on any atom is -0.374 e. The van der Waals surface area contributed by atoms with Crippen LogP contribution in [0.1, 0.15) is 36.6 Å². The van der Waals surface area contributed by atoms with Crippen molar-refractivity contribution in [3.63, 3.8) is 0 Å². The molecular weight excluding hydrogens is 486 g/mol. The predicted molar refractivity (Wildman–Crippen MR) is 122 cm³/mol. The second kappa shape index (κ2) is 9.33. The van der Waals surface area contributed by atoms with Gasteiger partial charge in [-0.2, -0.15) is 13.2 Å². The number of alkyl halides is 3. The van der Waals surface area contributed by atoms with Crippen LogP contribution in [0.2, 0.25) is 5.02 Å². The standard InChI is InChI=1S/C24H22ClF4N5O/c25-16-10-14(24(27,28)29)11-32-22(16)33-18-9-13-5-6-19(18)34(12-13)23(35)20-15(3-1-4-17(20)26)21-30-7-2-8-31-21/h1-4,7-8,10-11,13,18-19,23,35H,5-6,9,12H2,(H,32,33). The van der Waals surface area contributed by atoms with Gasteiger partial charge in [-0.15, -0.1) is 0 Å². The number of rotatable bonds is 5. The lowest BCUT2D eigenvalue weighted by Crippen LogP contribution is -2.59. The van der Waals surface area contributed by atoms with Gasteiger partial charge >= 0.3 is 6.18 Å². The number of pyridine rings is 1. The predicted octanol–water partition coefficient (Wildman–Crippen LogP) is 5.31. The molecule has 0 radical (unpaired) electrons. The van der Waals surface area contributed by atoms with Crippen LogP contribution in [0.25, 0.3) is 11.4 Å². The van der Waals surface area contributed by atoms with E-state index in [9.17, 15) is 18.3 Å². The van der Waals surface area contributed by atoms with Crippen molar-refractivity contribution in [1.82, 2.24) is 19.9 Å². The summed E-state index contributed by atoms with van der Waals surface area (Å²) >= 11 is 6.11. The first kappa shape index (κ1) is 23.9. The number of fused-ring (bicyclic) bond motifs is 3. The van der Waals surface area contributed by atoms with E-state index in [-0.39, 0.29) is 34.4 Å². The van der Waals surface area contributed by atoms with Crippen molar-refractivity contribution in [3.8, 4) is 11.4 Å². The Hall–Kier alpha value is -2.82. The van der Waals surface area contributed by atoms with E-state index >= 15 is 4.39 Å². The zero-order valence-corrected chi connectivity index (χ0v) is 19.1. The summed E-state index contributed by atoms with van der Waals surface area (Å²) in [5.41, 5.74) is -0.433. The Morgan fingerprint density at radius 3 is 2.57 bits per heavy atom. The molecule has 3 aliphatic rings. The molecule has 11 heteroatoms. The van der Waals surface area contributed by atoms with Crippen molar-refractivity contribution in [2.75, 3.05) is 11.9 Å². The van der Waals surface area contributed by atoms with Gasteiger partial charge in [0.2, 0.25) is 0 Å². The van der Waals surface area contributed by atoms with Crippen LogP contribution in [-0.4, -0.2) is 43.6 Å². The molecule has 35 heavy (non-hydrogen) atoms. The SMILES string of the molecule is OC(c1c(F)cccc1-c1ncccn1)N1CC2CCC1C(Nc1ncc(C(F)(F)F)cc1Cl)C2. The van der Waals surface area contributed by atoms with E-state index in [4.69, 9.17) is 11.6 Å². The molecule has 2 aliphatic heterocycles. The maximum Gasteiger partial charge on any atom is 0.417 e. The Labute approximate surface area is 204 Å².